The smallest absolute Gasteiger partial charge is 0.0122 e. The first-order chi connectivity index (χ1) is 4.27. The van der Waals surface area contributed by atoms with Crippen LogP contribution in [0.2, 0.25) is 0 Å². The highest BCUT2D eigenvalue weighted by atomic mass is 14.5. The van der Waals surface area contributed by atoms with Crippen LogP contribution >= 0.6 is 0 Å². The summed E-state index contributed by atoms with van der Waals surface area (Å²) in [4.78, 5) is 0. The van der Waals surface area contributed by atoms with E-state index >= 15 is 0 Å². The summed E-state index contributed by atoms with van der Waals surface area (Å²) in [7, 11) is 0. The molecule has 0 heteroatoms. The summed E-state index contributed by atoms with van der Waals surface area (Å²) >= 11 is 0. The first kappa shape index (κ1) is 6.68. The Morgan fingerprint density at radius 1 is 1.22 bits per heavy atom. The molecule has 1 aliphatic rings. The van der Waals surface area contributed by atoms with Crippen LogP contribution in [0.3, 0.4) is 0 Å². The topological polar surface area (TPSA) is 0 Å². The van der Waals surface area contributed by atoms with Crippen molar-refractivity contribution in [1.29, 1.82) is 0 Å². The Morgan fingerprint density at radius 3 is 2.11 bits per heavy atom. The highest BCUT2D eigenvalue weighted by Gasteiger charge is 2.41. The van der Waals surface area contributed by atoms with Gasteiger partial charge in [0.15, 0.2) is 0 Å². The first-order valence-electron chi connectivity index (χ1n) is 3.67. The van der Waals surface area contributed by atoms with Crippen molar-refractivity contribution >= 4 is 0 Å². The molecule has 0 saturated heterocycles. The lowest BCUT2D eigenvalue weighted by Gasteiger charge is -1.82. The molecule has 0 aromatic rings. The van der Waals surface area contributed by atoms with E-state index in [1.807, 2.05) is 6.92 Å². The second-order valence-corrected chi connectivity index (χ2v) is 3.01. The molecule has 0 spiro atoms. The predicted octanol–water partition coefficient (Wildman–Crippen LogP) is 2.30. The van der Waals surface area contributed by atoms with E-state index in [2.05, 4.69) is 25.7 Å². The van der Waals surface area contributed by atoms with Gasteiger partial charge in [0, 0.05) is 6.42 Å². The minimum Gasteiger partial charge on any atom is -0.107 e. The van der Waals surface area contributed by atoms with Crippen LogP contribution in [0, 0.1) is 29.6 Å². The van der Waals surface area contributed by atoms with E-state index in [-0.39, 0.29) is 0 Å². The molecule has 0 aliphatic heterocycles. The van der Waals surface area contributed by atoms with Crippen molar-refractivity contribution in [1.82, 2.24) is 0 Å². The van der Waals surface area contributed by atoms with Gasteiger partial charge in [0.05, 0.1) is 0 Å². The molecule has 9 heavy (non-hydrogen) atoms. The molecule has 2 atom stereocenters. The third-order valence-electron chi connectivity index (χ3n) is 2.55. The van der Waals surface area contributed by atoms with Crippen molar-refractivity contribution in [2.45, 2.75) is 27.2 Å². The van der Waals surface area contributed by atoms with E-state index in [0.29, 0.717) is 0 Å². The Morgan fingerprint density at radius 2 is 1.78 bits per heavy atom. The van der Waals surface area contributed by atoms with Crippen LogP contribution < -0.4 is 0 Å². The number of hydrogen-bond acceptors (Lipinski definition) is 0. The Bertz CT molecular complexity index is 139. The van der Waals surface area contributed by atoms with E-state index in [0.717, 1.165) is 24.2 Å². The Hall–Kier alpha value is -0.440. The highest BCUT2D eigenvalue weighted by molar-refractivity contribution is 5.03. The lowest BCUT2D eigenvalue weighted by Crippen LogP contribution is -1.74. The molecule has 1 rings (SSSR count). The molecule has 0 amide bonds. The molecule has 0 N–H and O–H groups in total. The van der Waals surface area contributed by atoms with E-state index in [1.165, 1.54) is 0 Å². The lowest BCUT2D eigenvalue weighted by atomic mass is 10.2. The molecule has 0 heterocycles. The van der Waals surface area contributed by atoms with Crippen LogP contribution in [0.15, 0.2) is 0 Å². The summed E-state index contributed by atoms with van der Waals surface area (Å²) in [5, 5.41) is 0. The highest BCUT2D eigenvalue weighted by Crippen LogP contribution is 2.47. The van der Waals surface area contributed by atoms with Gasteiger partial charge in [-0.2, -0.15) is 0 Å². The molecule has 0 radical (unpaired) electrons. The lowest BCUT2D eigenvalue weighted by molar-refractivity contribution is 0.766. The van der Waals surface area contributed by atoms with Gasteiger partial charge in [-0.05, 0) is 24.7 Å². The van der Waals surface area contributed by atoms with Gasteiger partial charge in [-0.1, -0.05) is 13.8 Å². The Kier molecular flexibility index (Phi) is 1.81. The summed E-state index contributed by atoms with van der Waals surface area (Å²) in [6.07, 6.45) is 1.12. The standard InChI is InChI=1S/C9H14/c1-4-5-6-9-7(2)8(9)3/h7-9H,6H2,1-3H3. The van der Waals surface area contributed by atoms with Gasteiger partial charge in [0.1, 0.15) is 0 Å². The van der Waals surface area contributed by atoms with Crippen molar-refractivity contribution in [3.8, 4) is 11.8 Å². The van der Waals surface area contributed by atoms with Gasteiger partial charge >= 0.3 is 0 Å². The molecule has 50 valence electrons. The van der Waals surface area contributed by atoms with Crippen LogP contribution in [0.25, 0.3) is 0 Å². The van der Waals surface area contributed by atoms with Crippen molar-refractivity contribution in [3.63, 3.8) is 0 Å². The fraction of sp³-hybridized carbons (Fsp3) is 0.778. The van der Waals surface area contributed by atoms with Crippen LogP contribution in [-0.2, 0) is 0 Å². The maximum atomic E-state index is 3.12. The van der Waals surface area contributed by atoms with Crippen molar-refractivity contribution in [3.05, 3.63) is 0 Å². The molecular formula is C9H14. The van der Waals surface area contributed by atoms with E-state index in [4.69, 9.17) is 0 Å². The zero-order valence-corrected chi connectivity index (χ0v) is 6.44. The van der Waals surface area contributed by atoms with Crippen molar-refractivity contribution in [2.24, 2.45) is 17.8 Å². The molecule has 2 unspecified atom stereocenters. The molecular weight excluding hydrogens is 108 g/mol. The first-order valence-corrected chi connectivity index (χ1v) is 3.67. The van der Waals surface area contributed by atoms with Crippen LogP contribution in [0.4, 0.5) is 0 Å². The molecule has 1 fully saturated rings. The van der Waals surface area contributed by atoms with Crippen LogP contribution in [0.5, 0.6) is 0 Å². The average Bonchev–Trinajstić information content (AvgIpc) is 2.39. The second-order valence-electron chi connectivity index (χ2n) is 3.01. The fourth-order valence-corrected chi connectivity index (χ4v) is 1.36. The van der Waals surface area contributed by atoms with Crippen LogP contribution in [-0.4, -0.2) is 0 Å². The largest absolute Gasteiger partial charge is 0.107 e. The van der Waals surface area contributed by atoms with Crippen LogP contribution in [0.1, 0.15) is 27.2 Å². The van der Waals surface area contributed by atoms with Gasteiger partial charge < -0.3 is 0 Å². The maximum Gasteiger partial charge on any atom is 0.0122 e. The maximum absolute atomic E-state index is 3.12. The van der Waals surface area contributed by atoms with Gasteiger partial charge in [-0.3, -0.25) is 0 Å². The fourth-order valence-electron chi connectivity index (χ4n) is 1.36. The van der Waals surface area contributed by atoms with E-state index < -0.39 is 0 Å². The van der Waals surface area contributed by atoms with E-state index in [1.54, 1.807) is 0 Å². The number of rotatable bonds is 1. The molecule has 1 aliphatic carbocycles. The molecule has 0 aromatic heterocycles. The van der Waals surface area contributed by atoms with Gasteiger partial charge in [-0.15, -0.1) is 11.8 Å². The number of hydrogen-bond donors (Lipinski definition) is 0. The summed E-state index contributed by atoms with van der Waals surface area (Å²) in [5.41, 5.74) is 0. The summed E-state index contributed by atoms with van der Waals surface area (Å²) in [6.45, 7) is 6.54. The summed E-state index contributed by atoms with van der Waals surface area (Å²) in [5.74, 6) is 8.84. The predicted molar refractivity (Wildman–Crippen MR) is 39.9 cm³/mol. The van der Waals surface area contributed by atoms with Gasteiger partial charge in [-0.25, -0.2) is 0 Å². The second kappa shape index (κ2) is 2.43. The Labute approximate surface area is 57.7 Å². The third kappa shape index (κ3) is 1.27. The average molecular weight is 122 g/mol. The van der Waals surface area contributed by atoms with Gasteiger partial charge in [0.2, 0.25) is 0 Å². The van der Waals surface area contributed by atoms with Crippen molar-refractivity contribution in [2.75, 3.05) is 0 Å². The molecule has 0 nitrogen and oxygen atoms in total. The summed E-state index contributed by atoms with van der Waals surface area (Å²) in [6, 6.07) is 0. The molecule has 0 aromatic carbocycles. The van der Waals surface area contributed by atoms with Gasteiger partial charge in [0.25, 0.3) is 0 Å². The van der Waals surface area contributed by atoms with E-state index in [9.17, 15) is 0 Å². The summed E-state index contributed by atoms with van der Waals surface area (Å²) < 4.78 is 0. The SMILES string of the molecule is CC#CCC1C(C)C1C. The normalized spacial score (nSPS) is 39.2. The van der Waals surface area contributed by atoms with Crippen molar-refractivity contribution < 1.29 is 0 Å². The Balaban J connectivity index is 2.23. The third-order valence-corrected chi connectivity index (χ3v) is 2.55. The molecule has 1 saturated carbocycles. The minimum absolute atomic E-state index is 0.914. The monoisotopic (exact) mass is 122 g/mol. The zero-order valence-electron chi connectivity index (χ0n) is 6.44. The molecule has 0 bridgehead atoms. The quantitative estimate of drug-likeness (QED) is 0.468. The zero-order chi connectivity index (χ0) is 6.85. The minimum atomic E-state index is 0.914.